The van der Waals surface area contributed by atoms with E-state index in [4.69, 9.17) is 24.5 Å². The summed E-state index contributed by atoms with van der Waals surface area (Å²) in [6, 6.07) is 0.594. The van der Waals surface area contributed by atoms with E-state index >= 15 is 0 Å². The van der Waals surface area contributed by atoms with E-state index in [1.807, 2.05) is 0 Å². The zero-order valence-electron chi connectivity index (χ0n) is 19.3. The van der Waals surface area contributed by atoms with Gasteiger partial charge in [0.05, 0.1) is 23.7 Å². The van der Waals surface area contributed by atoms with Gasteiger partial charge >= 0.3 is 11.7 Å². The maximum Gasteiger partial charge on any atom is 0.351 e. The van der Waals surface area contributed by atoms with Gasteiger partial charge in [0.2, 0.25) is 5.91 Å². The summed E-state index contributed by atoms with van der Waals surface area (Å²) < 4.78 is 24.6. The van der Waals surface area contributed by atoms with E-state index in [0.29, 0.717) is 0 Å². The number of nitrogens with zero attached hydrogens (tertiary/aromatic N) is 5. The molecular weight excluding hydrogens is 436 g/mol. The van der Waals surface area contributed by atoms with E-state index < -0.39 is 53.3 Å². The second-order valence-electron chi connectivity index (χ2n) is 9.24. The molecule has 0 aliphatic carbocycles. The zero-order valence-corrected chi connectivity index (χ0v) is 19.3. The van der Waals surface area contributed by atoms with Crippen molar-refractivity contribution < 1.29 is 28.5 Å². The number of esters is 1. The molecule has 6 atom stereocenters. The highest BCUT2D eigenvalue weighted by molar-refractivity contribution is 5.87. The first-order valence-electron chi connectivity index (χ1n) is 10.4. The number of anilines is 1. The number of ether oxygens (including phenoxy) is 4. The van der Waals surface area contributed by atoms with E-state index in [-0.39, 0.29) is 18.3 Å². The lowest BCUT2D eigenvalue weighted by molar-refractivity contribution is -0.190. The largest absolute Gasteiger partial charge is 0.454 e. The fourth-order valence-electron chi connectivity index (χ4n) is 3.73. The molecule has 3 rings (SSSR count). The molecular formula is C20H28N6O7. The van der Waals surface area contributed by atoms with Crippen molar-refractivity contribution >= 4 is 17.7 Å². The molecule has 0 spiro atoms. The van der Waals surface area contributed by atoms with Crippen LogP contribution < -0.4 is 11.0 Å². The van der Waals surface area contributed by atoms with Crippen molar-refractivity contribution in [3.05, 3.63) is 33.2 Å². The van der Waals surface area contributed by atoms with Gasteiger partial charge in [0.1, 0.15) is 18.0 Å². The number of fused-ring (bicyclic) bond motifs is 1. The minimum atomic E-state index is -1.12. The SMILES string of the molecule is CO[C@]1(C)CO[C@H]2[C@@H](OC(=O)C(C)(C)C)[C@H](n3ccc(NC(C)=O)nc3=O)O[C@@H]2[C@@H]1N=[N+]=[N-]. The highest BCUT2D eigenvalue weighted by Crippen LogP contribution is 2.43. The number of hydrogen-bond donors (Lipinski definition) is 1. The monoisotopic (exact) mass is 464 g/mol. The summed E-state index contributed by atoms with van der Waals surface area (Å²) in [6.45, 7) is 8.13. The van der Waals surface area contributed by atoms with Gasteiger partial charge in [-0.3, -0.25) is 14.2 Å². The summed E-state index contributed by atoms with van der Waals surface area (Å²) >= 11 is 0. The molecule has 1 aromatic rings. The van der Waals surface area contributed by atoms with Gasteiger partial charge in [-0.2, -0.15) is 4.98 Å². The van der Waals surface area contributed by atoms with Crippen LogP contribution in [0.1, 0.15) is 40.8 Å². The van der Waals surface area contributed by atoms with E-state index in [1.54, 1.807) is 27.7 Å². The highest BCUT2D eigenvalue weighted by Gasteiger charge is 2.59. The van der Waals surface area contributed by atoms with E-state index in [9.17, 15) is 14.4 Å². The van der Waals surface area contributed by atoms with E-state index in [1.165, 1.54) is 26.3 Å². The molecule has 0 aromatic carbocycles. The van der Waals surface area contributed by atoms with Crippen molar-refractivity contribution in [2.45, 2.75) is 70.8 Å². The molecule has 0 radical (unpaired) electrons. The van der Waals surface area contributed by atoms with Gasteiger partial charge in [-0.25, -0.2) is 4.79 Å². The smallest absolute Gasteiger partial charge is 0.351 e. The first-order chi connectivity index (χ1) is 15.4. The molecule has 2 fully saturated rings. The van der Waals surface area contributed by atoms with Crippen LogP contribution in [0.4, 0.5) is 5.82 Å². The molecule has 0 saturated carbocycles. The molecule has 2 aliphatic rings. The Balaban J connectivity index is 2.04. The van der Waals surface area contributed by atoms with Crippen LogP contribution in [0.3, 0.4) is 0 Å². The Hall–Kier alpha value is -2.99. The molecule has 3 heterocycles. The van der Waals surface area contributed by atoms with Crippen molar-refractivity contribution in [3.63, 3.8) is 0 Å². The number of nitrogens with one attached hydrogen (secondary N) is 1. The van der Waals surface area contributed by atoms with Crippen LogP contribution in [0, 0.1) is 5.41 Å². The van der Waals surface area contributed by atoms with Gasteiger partial charge in [0.25, 0.3) is 0 Å². The summed E-state index contributed by atoms with van der Waals surface area (Å²) in [4.78, 5) is 43.5. The lowest BCUT2D eigenvalue weighted by Crippen LogP contribution is -2.60. The molecule has 2 saturated heterocycles. The predicted molar refractivity (Wildman–Crippen MR) is 114 cm³/mol. The summed E-state index contributed by atoms with van der Waals surface area (Å²) in [5.74, 6) is -0.844. The van der Waals surface area contributed by atoms with Crippen LogP contribution in [0.15, 0.2) is 22.2 Å². The minimum Gasteiger partial charge on any atom is -0.454 e. The number of carbonyl (C=O) groups is 2. The topological polar surface area (TPSA) is 167 Å². The normalized spacial score (nSPS) is 31.3. The van der Waals surface area contributed by atoms with Crippen LogP contribution in [0.25, 0.3) is 10.4 Å². The van der Waals surface area contributed by atoms with Gasteiger partial charge < -0.3 is 24.3 Å². The zero-order chi connectivity index (χ0) is 24.6. The third-order valence-corrected chi connectivity index (χ3v) is 5.63. The first kappa shape index (κ1) is 24.6. The Labute approximate surface area is 190 Å². The summed E-state index contributed by atoms with van der Waals surface area (Å²) in [7, 11) is 1.46. The number of carbonyl (C=O) groups excluding carboxylic acids is 2. The fraction of sp³-hybridized carbons (Fsp3) is 0.700. The number of rotatable bonds is 5. The summed E-state index contributed by atoms with van der Waals surface area (Å²) in [5, 5.41) is 6.30. The molecule has 13 heteroatoms. The quantitative estimate of drug-likeness (QED) is 0.296. The van der Waals surface area contributed by atoms with Crippen LogP contribution in [-0.4, -0.2) is 65.1 Å². The molecule has 2 aliphatic heterocycles. The first-order valence-corrected chi connectivity index (χ1v) is 10.4. The minimum absolute atomic E-state index is 0.0443. The Morgan fingerprint density at radius 1 is 1.39 bits per heavy atom. The molecule has 13 nitrogen and oxygen atoms in total. The maximum absolute atomic E-state index is 12.8. The molecule has 1 N–H and O–H groups in total. The number of aromatic nitrogens is 2. The third kappa shape index (κ3) is 4.86. The van der Waals surface area contributed by atoms with Crippen LogP contribution in [-0.2, 0) is 28.5 Å². The summed E-state index contributed by atoms with van der Waals surface area (Å²) in [6.07, 6.45) is -2.48. The van der Waals surface area contributed by atoms with Gasteiger partial charge in [-0.05, 0) is 39.3 Å². The van der Waals surface area contributed by atoms with Crippen molar-refractivity contribution in [1.82, 2.24) is 9.55 Å². The Bertz CT molecular complexity index is 1030. The lowest BCUT2D eigenvalue weighted by Gasteiger charge is -2.43. The Morgan fingerprint density at radius 2 is 2.09 bits per heavy atom. The van der Waals surface area contributed by atoms with Gasteiger partial charge in [-0.1, -0.05) is 5.11 Å². The maximum atomic E-state index is 12.8. The standard InChI is InChI=1S/C20H28N6O7/c1-10(27)22-11-7-8-26(18(29)23-11)16-14(33-17(28)19(2,3)4)12-13(32-16)15(24-25-21)20(5,30-6)9-31-12/h7-8,12-16H,9H2,1-6H3,(H,22,23,27,29)/t12-,13+,14-,15+,16-,20-/m1/s1. The van der Waals surface area contributed by atoms with Crippen molar-refractivity contribution in [2.24, 2.45) is 10.5 Å². The van der Waals surface area contributed by atoms with Gasteiger partial charge in [0.15, 0.2) is 12.3 Å². The molecule has 1 aromatic heterocycles. The number of amides is 1. The Morgan fingerprint density at radius 3 is 2.64 bits per heavy atom. The summed E-state index contributed by atoms with van der Waals surface area (Å²) in [5.41, 5.74) is 6.56. The third-order valence-electron chi connectivity index (χ3n) is 5.63. The van der Waals surface area contributed by atoms with Crippen molar-refractivity contribution in [2.75, 3.05) is 19.0 Å². The van der Waals surface area contributed by atoms with Gasteiger partial charge in [0, 0.05) is 25.1 Å². The van der Waals surface area contributed by atoms with Crippen LogP contribution >= 0.6 is 0 Å². The van der Waals surface area contributed by atoms with Crippen molar-refractivity contribution in [3.8, 4) is 0 Å². The van der Waals surface area contributed by atoms with E-state index in [2.05, 4.69) is 20.3 Å². The average Bonchev–Trinajstić information content (AvgIpc) is 3.07. The molecule has 33 heavy (non-hydrogen) atoms. The molecule has 0 bridgehead atoms. The fourth-order valence-corrected chi connectivity index (χ4v) is 3.73. The number of hydrogen-bond acceptors (Lipinski definition) is 9. The molecule has 1 amide bonds. The molecule has 180 valence electrons. The second-order valence-corrected chi connectivity index (χ2v) is 9.24. The highest BCUT2D eigenvalue weighted by atomic mass is 16.6. The number of azide groups is 1. The van der Waals surface area contributed by atoms with Crippen molar-refractivity contribution in [1.29, 1.82) is 0 Å². The predicted octanol–water partition coefficient (Wildman–Crippen LogP) is 1.54. The lowest BCUT2D eigenvalue weighted by atomic mass is 9.86. The Kier molecular flexibility index (Phi) is 6.80. The van der Waals surface area contributed by atoms with Crippen LogP contribution in [0.2, 0.25) is 0 Å². The number of methoxy groups -OCH3 is 1. The average molecular weight is 464 g/mol. The van der Waals surface area contributed by atoms with E-state index in [0.717, 1.165) is 4.57 Å². The van der Waals surface area contributed by atoms with Gasteiger partial charge in [-0.15, -0.1) is 0 Å². The van der Waals surface area contributed by atoms with Crippen LogP contribution in [0.5, 0.6) is 0 Å². The second kappa shape index (κ2) is 9.10. The molecule has 0 unspecified atom stereocenters.